The number of nitrogens with one attached hydrogen (secondary N) is 1. The number of hydrogen-bond donors (Lipinski definition) is 1. The summed E-state index contributed by atoms with van der Waals surface area (Å²) in [6.07, 6.45) is 0. The van der Waals surface area contributed by atoms with Gasteiger partial charge in [0, 0.05) is 12.1 Å². The Morgan fingerprint density at radius 1 is 1.00 bits per heavy atom. The Morgan fingerprint density at radius 3 is 2.24 bits per heavy atom. The average molecular weight is 473 g/mol. The zero-order chi connectivity index (χ0) is 23.8. The van der Waals surface area contributed by atoms with Crippen LogP contribution in [0.15, 0.2) is 83.8 Å². The van der Waals surface area contributed by atoms with E-state index in [1.807, 2.05) is 0 Å². The molecule has 0 atom stereocenters. The van der Waals surface area contributed by atoms with Crippen LogP contribution >= 0.6 is 0 Å². The second-order valence-corrected chi connectivity index (χ2v) is 8.61. The van der Waals surface area contributed by atoms with Crippen LogP contribution in [0, 0.1) is 15.9 Å². The number of carbonyl (C=O) groups is 1. The van der Waals surface area contributed by atoms with Gasteiger partial charge in [0.1, 0.15) is 24.7 Å². The highest BCUT2D eigenvalue weighted by Gasteiger charge is 2.27. The Bertz CT molecular complexity index is 1200. The Labute approximate surface area is 189 Å². The van der Waals surface area contributed by atoms with Crippen LogP contribution in [0.1, 0.15) is 0 Å². The van der Waals surface area contributed by atoms with Gasteiger partial charge < -0.3 is 10.1 Å². The number of sulfonamides is 1. The quantitative estimate of drug-likeness (QED) is 0.275. The first-order chi connectivity index (χ1) is 15.8. The Balaban J connectivity index is 1.71. The SMILES string of the molecule is O=C(CN(c1ccc([N+](=O)[O-])cc1)S(=O)(=O)c1ccccc1)NCCOc1ccc(F)cc1. The van der Waals surface area contributed by atoms with Crippen LogP contribution < -0.4 is 14.4 Å². The maximum absolute atomic E-state index is 13.2. The standard InChI is InChI=1S/C22H20FN3O6S/c23-17-6-12-20(13-7-17)32-15-14-24-22(27)16-25(18-8-10-19(11-9-18)26(28)29)33(30,31)21-4-2-1-3-5-21/h1-13H,14-16H2,(H,24,27). The molecule has 172 valence electrons. The summed E-state index contributed by atoms with van der Waals surface area (Å²) in [6.45, 7) is -0.387. The van der Waals surface area contributed by atoms with E-state index < -0.39 is 33.2 Å². The summed E-state index contributed by atoms with van der Waals surface area (Å²) in [4.78, 5) is 22.8. The molecule has 3 rings (SSSR count). The number of hydrogen-bond acceptors (Lipinski definition) is 6. The van der Waals surface area contributed by atoms with Gasteiger partial charge in [-0.25, -0.2) is 12.8 Å². The molecule has 1 amide bonds. The maximum atomic E-state index is 13.2. The van der Waals surface area contributed by atoms with Gasteiger partial charge in [0.25, 0.3) is 15.7 Å². The van der Waals surface area contributed by atoms with Crippen molar-refractivity contribution in [1.82, 2.24) is 5.32 Å². The maximum Gasteiger partial charge on any atom is 0.269 e. The normalized spacial score (nSPS) is 10.9. The molecule has 3 aromatic carbocycles. The third-order valence-electron chi connectivity index (χ3n) is 4.47. The summed E-state index contributed by atoms with van der Waals surface area (Å²) in [5.74, 6) is -0.581. The number of halogens is 1. The molecule has 3 aromatic rings. The van der Waals surface area contributed by atoms with Gasteiger partial charge in [-0.1, -0.05) is 18.2 Å². The third kappa shape index (κ3) is 6.26. The molecule has 0 aromatic heterocycles. The van der Waals surface area contributed by atoms with Crippen LogP contribution in [0.25, 0.3) is 0 Å². The summed E-state index contributed by atoms with van der Waals surface area (Å²) >= 11 is 0. The fourth-order valence-electron chi connectivity index (χ4n) is 2.85. The van der Waals surface area contributed by atoms with E-state index in [1.165, 1.54) is 48.5 Å². The number of ether oxygens (including phenoxy) is 1. The monoisotopic (exact) mass is 473 g/mol. The number of amides is 1. The third-order valence-corrected chi connectivity index (χ3v) is 6.26. The summed E-state index contributed by atoms with van der Waals surface area (Å²) in [5, 5.41) is 13.5. The Kier molecular flexibility index (Phi) is 7.57. The van der Waals surface area contributed by atoms with Crippen LogP contribution in [0.2, 0.25) is 0 Å². The number of carbonyl (C=O) groups excluding carboxylic acids is 1. The van der Waals surface area contributed by atoms with E-state index in [2.05, 4.69) is 5.32 Å². The van der Waals surface area contributed by atoms with Gasteiger partial charge in [-0.05, 0) is 48.5 Å². The van der Waals surface area contributed by atoms with Crippen LogP contribution in [0.4, 0.5) is 15.8 Å². The minimum Gasteiger partial charge on any atom is -0.492 e. The molecular formula is C22H20FN3O6S. The van der Waals surface area contributed by atoms with E-state index in [4.69, 9.17) is 4.74 Å². The molecule has 0 aliphatic carbocycles. The average Bonchev–Trinajstić information content (AvgIpc) is 2.82. The van der Waals surface area contributed by atoms with Crippen molar-refractivity contribution in [2.45, 2.75) is 4.90 Å². The fraction of sp³-hybridized carbons (Fsp3) is 0.136. The van der Waals surface area contributed by atoms with E-state index >= 15 is 0 Å². The van der Waals surface area contributed by atoms with Crippen LogP contribution in [0.5, 0.6) is 5.75 Å². The molecule has 9 nitrogen and oxygen atoms in total. The zero-order valence-corrected chi connectivity index (χ0v) is 18.1. The molecule has 0 bridgehead atoms. The molecule has 0 fully saturated rings. The molecule has 0 aliphatic heterocycles. The molecule has 0 heterocycles. The van der Waals surface area contributed by atoms with E-state index in [-0.39, 0.29) is 29.4 Å². The molecule has 0 aliphatic rings. The van der Waals surface area contributed by atoms with Crippen molar-refractivity contribution in [1.29, 1.82) is 0 Å². The molecular weight excluding hydrogens is 453 g/mol. The van der Waals surface area contributed by atoms with Crippen molar-refractivity contribution in [2.75, 3.05) is 24.0 Å². The van der Waals surface area contributed by atoms with Crippen molar-refractivity contribution in [3.63, 3.8) is 0 Å². The van der Waals surface area contributed by atoms with E-state index in [1.54, 1.807) is 18.2 Å². The van der Waals surface area contributed by atoms with Crippen LogP contribution in [0.3, 0.4) is 0 Å². The second kappa shape index (κ2) is 10.6. The number of anilines is 1. The van der Waals surface area contributed by atoms with Crippen LogP contribution in [-0.2, 0) is 14.8 Å². The lowest BCUT2D eigenvalue weighted by Crippen LogP contribution is -2.41. The summed E-state index contributed by atoms with van der Waals surface area (Å²) in [7, 11) is -4.12. The lowest BCUT2D eigenvalue weighted by molar-refractivity contribution is -0.384. The van der Waals surface area contributed by atoms with Gasteiger partial charge in [0.05, 0.1) is 22.1 Å². The van der Waals surface area contributed by atoms with Gasteiger partial charge in [0.2, 0.25) is 5.91 Å². The summed E-state index contributed by atoms with van der Waals surface area (Å²) in [6, 6.07) is 17.8. The predicted octanol–water partition coefficient (Wildman–Crippen LogP) is 3.12. The zero-order valence-electron chi connectivity index (χ0n) is 17.3. The van der Waals surface area contributed by atoms with Crippen molar-refractivity contribution in [2.24, 2.45) is 0 Å². The number of nitro groups is 1. The van der Waals surface area contributed by atoms with Gasteiger partial charge in [-0.15, -0.1) is 0 Å². The van der Waals surface area contributed by atoms with Gasteiger partial charge >= 0.3 is 0 Å². The minimum atomic E-state index is -4.12. The van der Waals surface area contributed by atoms with Crippen molar-refractivity contribution in [3.8, 4) is 5.75 Å². The topological polar surface area (TPSA) is 119 Å². The van der Waals surface area contributed by atoms with E-state index in [9.17, 15) is 27.7 Å². The first-order valence-corrected chi connectivity index (χ1v) is 11.2. The number of nitrogens with zero attached hydrogens (tertiary/aromatic N) is 2. The summed E-state index contributed by atoms with van der Waals surface area (Å²) in [5.41, 5.74) is -0.111. The largest absolute Gasteiger partial charge is 0.492 e. The Hall–Kier alpha value is -3.99. The highest BCUT2D eigenvalue weighted by molar-refractivity contribution is 7.92. The van der Waals surface area contributed by atoms with Crippen LogP contribution in [-0.4, -0.2) is 38.9 Å². The van der Waals surface area contributed by atoms with E-state index in [0.29, 0.717) is 5.75 Å². The van der Waals surface area contributed by atoms with Gasteiger partial charge in [0.15, 0.2) is 0 Å². The number of non-ortho nitro benzene ring substituents is 1. The van der Waals surface area contributed by atoms with E-state index in [0.717, 1.165) is 16.4 Å². The highest BCUT2D eigenvalue weighted by atomic mass is 32.2. The van der Waals surface area contributed by atoms with Crippen molar-refractivity contribution in [3.05, 3.63) is 94.8 Å². The predicted molar refractivity (Wildman–Crippen MR) is 119 cm³/mol. The lowest BCUT2D eigenvalue weighted by atomic mass is 10.3. The molecule has 0 spiro atoms. The fourth-order valence-corrected chi connectivity index (χ4v) is 4.29. The molecule has 0 radical (unpaired) electrons. The second-order valence-electron chi connectivity index (χ2n) is 6.75. The number of rotatable bonds is 10. The van der Waals surface area contributed by atoms with Gasteiger partial charge in [-0.3, -0.25) is 19.2 Å². The molecule has 33 heavy (non-hydrogen) atoms. The molecule has 0 saturated heterocycles. The minimum absolute atomic E-state index is 0.0317. The molecule has 1 N–H and O–H groups in total. The highest BCUT2D eigenvalue weighted by Crippen LogP contribution is 2.25. The van der Waals surface area contributed by atoms with Crippen molar-refractivity contribution >= 4 is 27.3 Å². The number of nitro benzene ring substituents is 1. The first kappa shape index (κ1) is 23.7. The summed E-state index contributed by atoms with van der Waals surface area (Å²) < 4.78 is 45.6. The lowest BCUT2D eigenvalue weighted by Gasteiger charge is -2.24. The Morgan fingerprint density at radius 2 is 1.64 bits per heavy atom. The van der Waals surface area contributed by atoms with Crippen molar-refractivity contribution < 1.29 is 27.3 Å². The molecule has 0 saturated carbocycles. The first-order valence-electron chi connectivity index (χ1n) is 9.75. The molecule has 11 heteroatoms. The smallest absolute Gasteiger partial charge is 0.269 e. The molecule has 0 unspecified atom stereocenters. The van der Waals surface area contributed by atoms with Gasteiger partial charge in [-0.2, -0.15) is 0 Å². The number of benzene rings is 3.